The molecule has 4 aromatic carbocycles. The van der Waals surface area contributed by atoms with E-state index in [2.05, 4.69) is 21.2 Å². The topological polar surface area (TPSA) is 80.2 Å². The van der Waals surface area contributed by atoms with Crippen molar-refractivity contribution in [1.82, 2.24) is 5.32 Å². The first-order valence-electron chi connectivity index (χ1n) is 14.7. The Morgan fingerprint density at radius 3 is 2.40 bits per heavy atom. The summed E-state index contributed by atoms with van der Waals surface area (Å²) in [5.41, 5.74) is 1.45. The van der Waals surface area contributed by atoms with Gasteiger partial charge in [0.2, 0.25) is 5.90 Å². The molecule has 9 heteroatoms. The van der Waals surface area contributed by atoms with Gasteiger partial charge in [0.1, 0.15) is 17.4 Å². The lowest BCUT2D eigenvalue weighted by Gasteiger charge is -2.30. The molecule has 6 nitrogen and oxygen atoms in total. The number of nitrogens with zero attached hydrogens (tertiary/aromatic N) is 1. The van der Waals surface area contributed by atoms with Crippen molar-refractivity contribution in [2.24, 2.45) is 4.99 Å². The van der Waals surface area contributed by atoms with Gasteiger partial charge in [-0.2, -0.15) is 0 Å². The number of hydrogen-bond acceptors (Lipinski definition) is 5. The molecule has 0 aliphatic carbocycles. The van der Waals surface area contributed by atoms with Crippen LogP contribution in [-0.4, -0.2) is 42.2 Å². The van der Waals surface area contributed by atoms with E-state index in [1.165, 1.54) is 12.1 Å². The zero-order valence-electron chi connectivity index (χ0n) is 24.5. The van der Waals surface area contributed by atoms with Crippen LogP contribution < -0.4 is 10.1 Å². The lowest BCUT2D eigenvalue weighted by Crippen LogP contribution is -2.48. The lowest BCUT2D eigenvalue weighted by molar-refractivity contribution is -0.128. The maximum Gasteiger partial charge on any atom is 0.252 e. The van der Waals surface area contributed by atoms with Gasteiger partial charge in [0.15, 0.2) is 11.6 Å². The molecule has 0 radical (unpaired) electrons. The summed E-state index contributed by atoms with van der Waals surface area (Å²) in [6, 6.07) is 27.9. The highest BCUT2D eigenvalue weighted by molar-refractivity contribution is 9.10. The molecular weight excluding hydrogens is 642 g/mol. The highest BCUT2D eigenvalue weighted by Gasteiger charge is 2.52. The summed E-state index contributed by atoms with van der Waals surface area (Å²) in [7, 11) is 0. The number of aliphatic hydroxyl groups excluding tert-OH is 1. The van der Waals surface area contributed by atoms with Gasteiger partial charge in [-0.15, -0.1) is 0 Å². The van der Waals surface area contributed by atoms with Crippen molar-refractivity contribution in [2.45, 2.75) is 30.9 Å². The highest BCUT2D eigenvalue weighted by Crippen LogP contribution is 2.43. The average Bonchev–Trinajstić information content (AvgIpc) is 3.42. The van der Waals surface area contributed by atoms with Gasteiger partial charge in [-0.1, -0.05) is 70.5 Å². The standard InChI is InChI=1S/C36H33BrF2N2O4/c37-29-13-9-27(10-14-29)33-36(18-4-8-25-6-2-1-3-7-25,35(43)40-19-17-26-22-30(38)24-31(39)23-26)41-34(45-33)28-11-15-32(16-12-28)44-21-5-20-42/h1-4,6-16,22-24,33,42H,5,17-21H2,(H,40,43)/b8-4+/t33-,36-/m1/s1. The van der Waals surface area contributed by atoms with Crippen molar-refractivity contribution >= 4 is 33.8 Å². The first-order chi connectivity index (χ1) is 21.9. The number of halogens is 3. The fraction of sp³-hybridized carbons (Fsp3) is 0.222. The van der Waals surface area contributed by atoms with Gasteiger partial charge in [-0.25, -0.2) is 13.8 Å². The smallest absolute Gasteiger partial charge is 0.252 e. The first-order valence-corrected chi connectivity index (χ1v) is 15.5. The molecule has 45 heavy (non-hydrogen) atoms. The Bertz CT molecular complexity index is 1630. The van der Waals surface area contributed by atoms with Crippen LogP contribution in [0.2, 0.25) is 0 Å². The molecule has 2 N–H and O–H groups in total. The Kier molecular flexibility index (Phi) is 10.8. The number of aliphatic hydroxyl groups is 1. The predicted octanol–water partition coefficient (Wildman–Crippen LogP) is 7.21. The van der Waals surface area contributed by atoms with Crippen LogP contribution in [0.1, 0.15) is 41.2 Å². The number of nitrogens with one attached hydrogen (secondary N) is 1. The Morgan fingerprint density at radius 1 is 1.00 bits per heavy atom. The molecule has 0 bridgehead atoms. The van der Waals surface area contributed by atoms with Crippen LogP contribution in [0.15, 0.2) is 113 Å². The molecule has 0 aromatic heterocycles. The molecule has 4 aromatic rings. The van der Waals surface area contributed by atoms with Crippen molar-refractivity contribution < 1.29 is 28.2 Å². The molecule has 1 aliphatic heterocycles. The number of carbonyl (C=O) groups is 1. The summed E-state index contributed by atoms with van der Waals surface area (Å²) in [6.45, 7) is 0.573. The molecule has 232 valence electrons. The van der Waals surface area contributed by atoms with E-state index in [0.717, 1.165) is 21.7 Å². The summed E-state index contributed by atoms with van der Waals surface area (Å²) < 4.78 is 40.6. The number of benzene rings is 4. The number of rotatable bonds is 13. The van der Waals surface area contributed by atoms with Gasteiger partial charge in [0.25, 0.3) is 5.91 Å². The van der Waals surface area contributed by atoms with E-state index in [4.69, 9.17) is 19.6 Å². The Balaban J connectivity index is 1.48. The fourth-order valence-corrected chi connectivity index (χ4v) is 5.38. The van der Waals surface area contributed by atoms with Gasteiger partial charge in [-0.05, 0) is 71.6 Å². The normalized spacial score (nSPS) is 17.6. The number of ether oxygens (including phenoxy) is 2. The molecule has 1 heterocycles. The number of amides is 1. The van der Waals surface area contributed by atoms with E-state index in [1.54, 1.807) is 12.1 Å². The minimum Gasteiger partial charge on any atom is -0.494 e. The van der Waals surface area contributed by atoms with Crippen LogP contribution in [0.4, 0.5) is 8.78 Å². The van der Waals surface area contributed by atoms with E-state index in [0.29, 0.717) is 35.8 Å². The third-order valence-corrected chi connectivity index (χ3v) is 7.89. The molecule has 5 rings (SSSR count). The van der Waals surface area contributed by atoms with Crippen LogP contribution in [0, 0.1) is 11.6 Å². The first kappa shape index (κ1) is 32.1. The zero-order chi connectivity index (χ0) is 31.6. The van der Waals surface area contributed by atoms with Crippen LogP contribution in [0.25, 0.3) is 6.08 Å². The average molecular weight is 676 g/mol. The largest absolute Gasteiger partial charge is 0.494 e. The molecule has 0 saturated carbocycles. The van der Waals surface area contributed by atoms with Crippen molar-refractivity contribution in [3.63, 3.8) is 0 Å². The summed E-state index contributed by atoms with van der Waals surface area (Å²) in [6.07, 6.45) is 4.05. The quantitative estimate of drug-likeness (QED) is 0.147. The van der Waals surface area contributed by atoms with Gasteiger partial charge in [0.05, 0.1) is 6.61 Å². The van der Waals surface area contributed by atoms with E-state index in [-0.39, 0.29) is 31.9 Å². The van der Waals surface area contributed by atoms with Gasteiger partial charge < -0.3 is 19.9 Å². The van der Waals surface area contributed by atoms with Gasteiger partial charge in [-0.3, -0.25) is 4.79 Å². The van der Waals surface area contributed by atoms with Crippen LogP contribution in [-0.2, 0) is 16.0 Å². The Hall–Kier alpha value is -4.34. The zero-order valence-corrected chi connectivity index (χ0v) is 26.1. The molecular formula is C36H33BrF2N2O4. The minimum atomic E-state index is -1.39. The lowest BCUT2D eigenvalue weighted by atomic mass is 9.84. The SMILES string of the molecule is O=C(NCCc1cc(F)cc(F)c1)[C@]1(C/C=C/c2ccccc2)N=C(c2ccc(OCCCO)cc2)O[C@@H]1c1ccc(Br)cc1. The van der Waals surface area contributed by atoms with Crippen molar-refractivity contribution in [1.29, 1.82) is 0 Å². The predicted molar refractivity (Wildman–Crippen MR) is 174 cm³/mol. The van der Waals surface area contributed by atoms with E-state index in [9.17, 15) is 13.6 Å². The second kappa shape index (κ2) is 15.1. The molecule has 0 spiro atoms. The second-order valence-corrected chi connectivity index (χ2v) is 11.6. The molecule has 1 aliphatic rings. The molecule has 2 atom stereocenters. The number of hydrogen-bond donors (Lipinski definition) is 2. The summed E-state index contributed by atoms with van der Waals surface area (Å²) >= 11 is 3.48. The summed E-state index contributed by atoms with van der Waals surface area (Å²) in [4.78, 5) is 19.2. The van der Waals surface area contributed by atoms with Crippen LogP contribution in [0.3, 0.4) is 0 Å². The molecule has 1 amide bonds. The second-order valence-electron chi connectivity index (χ2n) is 10.6. The monoisotopic (exact) mass is 674 g/mol. The Labute approximate surface area is 269 Å². The molecule has 0 fully saturated rings. The molecule has 0 unspecified atom stereocenters. The van der Waals surface area contributed by atoms with E-state index < -0.39 is 23.3 Å². The van der Waals surface area contributed by atoms with Gasteiger partial charge in [0, 0.05) is 42.1 Å². The summed E-state index contributed by atoms with van der Waals surface area (Å²) in [5, 5.41) is 12.0. The molecule has 0 saturated heterocycles. The summed E-state index contributed by atoms with van der Waals surface area (Å²) in [5.74, 6) is -0.766. The number of carbonyl (C=O) groups excluding carboxylic acids is 1. The fourth-order valence-electron chi connectivity index (χ4n) is 5.12. The Morgan fingerprint density at radius 2 is 1.71 bits per heavy atom. The number of aliphatic imine (C=N–C) groups is 1. The third-order valence-electron chi connectivity index (χ3n) is 7.36. The maximum atomic E-state index is 14.2. The van der Waals surface area contributed by atoms with Crippen molar-refractivity contribution in [3.05, 3.63) is 141 Å². The van der Waals surface area contributed by atoms with Crippen molar-refractivity contribution in [2.75, 3.05) is 19.8 Å². The minimum absolute atomic E-state index is 0.0438. The third kappa shape index (κ3) is 8.23. The highest BCUT2D eigenvalue weighted by atomic mass is 79.9. The van der Waals surface area contributed by atoms with Gasteiger partial charge >= 0.3 is 0 Å². The van der Waals surface area contributed by atoms with E-state index in [1.807, 2.05) is 78.9 Å². The maximum absolute atomic E-state index is 14.2. The van der Waals surface area contributed by atoms with Crippen LogP contribution >= 0.6 is 15.9 Å². The van der Waals surface area contributed by atoms with Crippen molar-refractivity contribution in [3.8, 4) is 5.75 Å². The van der Waals surface area contributed by atoms with Crippen LogP contribution in [0.5, 0.6) is 5.75 Å². The van der Waals surface area contributed by atoms with E-state index >= 15 is 0 Å².